The van der Waals surface area contributed by atoms with Gasteiger partial charge in [0.05, 0.1) is 11.4 Å². The molecule has 0 aliphatic heterocycles. The summed E-state index contributed by atoms with van der Waals surface area (Å²) in [6.07, 6.45) is 0. The Kier molecular flexibility index (Phi) is 4.03. The van der Waals surface area contributed by atoms with Crippen LogP contribution in [0.15, 0.2) is 73.5 Å². The molecule has 0 aliphatic rings. The van der Waals surface area contributed by atoms with Crippen molar-refractivity contribution in [2.45, 2.75) is 10.1 Å². The molecule has 0 bridgehead atoms. The molecule has 0 spiro atoms. The fraction of sp³-hybridized carbons (Fsp3) is 0.0500. The van der Waals surface area contributed by atoms with Gasteiger partial charge in [-0.15, -0.1) is 11.3 Å². The predicted molar refractivity (Wildman–Crippen MR) is 109 cm³/mol. The molecule has 5 rings (SSSR count). The van der Waals surface area contributed by atoms with Gasteiger partial charge in [-0.1, -0.05) is 54.2 Å². The number of aromatic nitrogens is 3. The smallest absolute Gasteiger partial charge is 0.294 e. The number of thiazole rings is 1. The summed E-state index contributed by atoms with van der Waals surface area (Å²) in [7, 11) is 0. The molecule has 0 atom stereocenters. The van der Waals surface area contributed by atoms with Crippen LogP contribution in [0.2, 0.25) is 0 Å². The van der Waals surface area contributed by atoms with Crippen molar-refractivity contribution in [3.8, 4) is 11.3 Å². The number of rotatable bonds is 4. The summed E-state index contributed by atoms with van der Waals surface area (Å²) in [5, 5.41) is 2.89. The number of para-hydroxylation sites is 1. The Bertz CT molecular complexity index is 1310. The molecule has 5 nitrogen and oxygen atoms in total. The summed E-state index contributed by atoms with van der Waals surface area (Å²) in [4.78, 5) is 24.4. The minimum atomic E-state index is -0.254. The van der Waals surface area contributed by atoms with Crippen LogP contribution in [0.4, 0.5) is 0 Å². The minimum Gasteiger partial charge on any atom is -0.449 e. The van der Waals surface area contributed by atoms with Crippen molar-refractivity contribution in [2.75, 3.05) is 0 Å². The number of benzene rings is 2. The van der Waals surface area contributed by atoms with Gasteiger partial charge in [-0.25, -0.2) is 9.97 Å². The largest absolute Gasteiger partial charge is 0.449 e. The first kappa shape index (κ1) is 16.3. The maximum atomic E-state index is 12.4. The van der Waals surface area contributed by atoms with Gasteiger partial charge in [-0.05, 0) is 12.1 Å². The van der Waals surface area contributed by atoms with Crippen molar-refractivity contribution in [1.29, 1.82) is 0 Å². The van der Waals surface area contributed by atoms with Crippen LogP contribution in [0.1, 0.15) is 5.82 Å². The highest BCUT2D eigenvalue weighted by Crippen LogP contribution is 2.30. The third kappa shape index (κ3) is 3.05. The normalized spacial score (nSPS) is 11.4. The third-order valence-corrected chi connectivity index (χ3v) is 6.20. The summed E-state index contributed by atoms with van der Waals surface area (Å²) < 4.78 is 6.57. The fourth-order valence-corrected chi connectivity index (χ4v) is 4.62. The van der Waals surface area contributed by atoms with E-state index in [1.165, 1.54) is 0 Å². The molecular formula is C20H13N3O2S2. The maximum absolute atomic E-state index is 12.4. The topological polar surface area (TPSA) is 71.8 Å². The van der Waals surface area contributed by atoms with E-state index in [4.69, 9.17) is 4.42 Å². The molecule has 0 fully saturated rings. The van der Waals surface area contributed by atoms with E-state index in [9.17, 15) is 4.79 Å². The van der Waals surface area contributed by atoms with Gasteiger partial charge in [0.1, 0.15) is 16.9 Å². The molecular weight excluding hydrogens is 378 g/mol. The van der Waals surface area contributed by atoms with Crippen molar-refractivity contribution in [1.82, 2.24) is 15.0 Å². The summed E-state index contributed by atoms with van der Waals surface area (Å²) >= 11 is 3.15. The number of nitrogens with zero attached hydrogens (tertiary/aromatic N) is 2. The lowest BCUT2D eigenvalue weighted by Gasteiger charge is -1.99. The van der Waals surface area contributed by atoms with E-state index in [0.717, 1.165) is 21.0 Å². The van der Waals surface area contributed by atoms with Crippen LogP contribution in [-0.4, -0.2) is 15.0 Å². The molecule has 0 amide bonds. The van der Waals surface area contributed by atoms with Gasteiger partial charge < -0.3 is 9.40 Å². The van der Waals surface area contributed by atoms with Crippen molar-refractivity contribution in [3.63, 3.8) is 0 Å². The Morgan fingerprint density at radius 3 is 2.74 bits per heavy atom. The van der Waals surface area contributed by atoms with Crippen LogP contribution in [0, 0.1) is 0 Å². The summed E-state index contributed by atoms with van der Waals surface area (Å²) in [5.41, 5.74) is 3.34. The number of nitrogens with one attached hydrogen (secondary N) is 1. The summed E-state index contributed by atoms with van der Waals surface area (Å²) in [6.45, 7) is 0. The standard InChI is InChI=1S/C20H13N3O2S2/c24-19-18-17(13-8-4-5-9-15(13)25-18)22-16(23-19)11-27-20-21-14(10-26-20)12-6-2-1-3-7-12/h1-10H,11H2,(H,22,23,24). The number of furan rings is 1. The van der Waals surface area contributed by atoms with Crippen molar-refractivity contribution >= 4 is 45.2 Å². The quantitative estimate of drug-likeness (QED) is 0.432. The van der Waals surface area contributed by atoms with Crippen LogP contribution >= 0.6 is 23.1 Å². The highest BCUT2D eigenvalue weighted by molar-refractivity contribution is 8.00. The Hall–Kier alpha value is -2.90. The molecule has 1 N–H and O–H groups in total. The van der Waals surface area contributed by atoms with Crippen LogP contribution in [0.5, 0.6) is 0 Å². The molecule has 27 heavy (non-hydrogen) atoms. The number of fused-ring (bicyclic) bond motifs is 3. The second-order valence-electron chi connectivity index (χ2n) is 5.94. The first-order valence-corrected chi connectivity index (χ1v) is 10.2. The molecule has 0 saturated carbocycles. The van der Waals surface area contributed by atoms with Gasteiger partial charge in [0, 0.05) is 16.3 Å². The lowest BCUT2D eigenvalue weighted by Crippen LogP contribution is -2.10. The average molecular weight is 391 g/mol. The fourth-order valence-electron chi connectivity index (χ4n) is 2.91. The molecule has 0 aliphatic carbocycles. The Labute approximate surface area is 162 Å². The van der Waals surface area contributed by atoms with Crippen molar-refractivity contribution in [2.24, 2.45) is 0 Å². The van der Waals surface area contributed by atoms with Crippen LogP contribution in [-0.2, 0) is 5.75 Å². The first-order valence-electron chi connectivity index (χ1n) is 8.32. The van der Waals surface area contributed by atoms with E-state index in [2.05, 4.69) is 15.0 Å². The Morgan fingerprint density at radius 2 is 1.85 bits per heavy atom. The van der Waals surface area contributed by atoms with Crippen LogP contribution in [0.25, 0.3) is 33.3 Å². The maximum Gasteiger partial charge on any atom is 0.294 e. The zero-order valence-corrected chi connectivity index (χ0v) is 15.6. The highest BCUT2D eigenvalue weighted by atomic mass is 32.2. The highest BCUT2D eigenvalue weighted by Gasteiger charge is 2.13. The van der Waals surface area contributed by atoms with Crippen molar-refractivity contribution < 1.29 is 4.42 Å². The van der Waals surface area contributed by atoms with E-state index in [0.29, 0.717) is 22.7 Å². The summed E-state index contributed by atoms with van der Waals surface area (Å²) in [6, 6.07) is 17.6. The Balaban J connectivity index is 1.43. The second kappa shape index (κ2) is 6.68. The zero-order chi connectivity index (χ0) is 18.2. The SMILES string of the molecule is O=c1[nH]c(CSc2nc(-c3ccccc3)cs2)nc2c1oc1ccccc12. The number of hydrogen-bond acceptors (Lipinski definition) is 6. The molecule has 5 aromatic rings. The molecule has 0 radical (unpaired) electrons. The zero-order valence-electron chi connectivity index (χ0n) is 14.0. The number of hydrogen-bond donors (Lipinski definition) is 1. The van der Waals surface area contributed by atoms with Gasteiger partial charge >= 0.3 is 0 Å². The first-order chi connectivity index (χ1) is 13.3. The lowest BCUT2D eigenvalue weighted by atomic mass is 10.2. The molecule has 0 saturated heterocycles. The molecule has 2 aromatic carbocycles. The van der Waals surface area contributed by atoms with Crippen LogP contribution < -0.4 is 5.56 Å². The van der Waals surface area contributed by atoms with Gasteiger partial charge in [0.25, 0.3) is 5.56 Å². The third-order valence-electron chi connectivity index (χ3n) is 4.17. The molecule has 7 heteroatoms. The number of aromatic amines is 1. The second-order valence-corrected chi connectivity index (χ2v) is 8.02. The Morgan fingerprint density at radius 1 is 1.04 bits per heavy atom. The number of H-pyrrole nitrogens is 1. The van der Waals surface area contributed by atoms with Gasteiger partial charge in [-0.2, -0.15) is 0 Å². The molecule has 0 unspecified atom stereocenters. The van der Waals surface area contributed by atoms with Crippen molar-refractivity contribution in [3.05, 3.63) is 76.2 Å². The predicted octanol–water partition coefficient (Wildman–Crippen LogP) is 5.09. The lowest BCUT2D eigenvalue weighted by molar-refractivity contribution is 0.660. The van der Waals surface area contributed by atoms with Gasteiger partial charge in [0.2, 0.25) is 5.58 Å². The summed E-state index contributed by atoms with van der Waals surface area (Å²) in [5.74, 6) is 1.15. The minimum absolute atomic E-state index is 0.254. The van der Waals surface area contributed by atoms with Crippen LogP contribution in [0.3, 0.4) is 0 Å². The molecule has 3 aromatic heterocycles. The van der Waals surface area contributed by atoms with E-state index in [1.807, 2.05) is 60.0 Å². The van der Waals surface area contributed by atoms with E-state index in [-0.39, 0.29) is 11.1 Å². The molecule has 3 heterocycles. The molecule has 132 valence electrons. The van der Waals surface area contributed by atoms with E-state index >= 15 is 0 Å². The number of thioether (sulfide) groups is 1. The monoisotopic (exact) mass is 391 g/mol. The van der Waals surface area contributed by atoms with Gasteiger partial charge in [-0.3, -0.25) is 4.79 Å². The van der Waals surface area contributed by atoms with E-state index < -0.39 is 0 Å². The average Bonchev–Trinajstić information content (AvgIpc) is 3.32. The van der Waals surface area contributed by atoms with Gasteiger partial charge in [0.15, 0.2) is 4.34 Å². The van der Waals surface area contributed by atoms with E-state index in [1.54, 1.807) is 23.1 Å².